The van der Waals surface area contributed by atoms with E-state index in [-0.39, 0.29) is 12.1 Å². The van der Waals surface area contributed by atoms with Crippen LogP contribution in [-0.4, -0.2) is 12.1 Å². The van der Waals surface area contributed by atoms with Crippen LogP contribution in [0.25, 0.3) is 0 Å². The van der Waals surface area contributed by atoms with Crippen LogP contribution in [0.15, 0.2) is 46.2 Å². The number of rotatable bonds is 3. The molecule has 4 aliphatic carbocycles. The molecule has 7 atom stereocenters. The zero-order chi connectivity index (χ0) is 18.6. The zero-order valence-electron chi connectivity index (χ0n) is 16.4. The van der Waals surface area contributed by atoms with E-state index in [4.69, 9.17) is 4.74 Å². The molecule has 0 radical (unpaired) electrons. The van der Waals surface area contributed by atoms with Gasteiger partial charge >= 0.3 is 5.97 Å². The lowest BCUT2D eigenvalue weighted by Crippen LogP contribution is -2.57. The fourth-order valence-corrected chi connectivity index (χ4v) is 8.70. The van der Waals surface area contributed by atoms with Gasteiger partial charge in [0, 0.05) is 17.7 Å². The average molecular weight is 383 g/mol. The maximum absolute atomic E-state index is 11.8. The topological polar surface area (TPSA) is 26.3 Å². The summed E-state index contributed by atoms with van der Waals surface area (Å²) in [6, 6.07) is 10.8. The molecule has 2 nitrogen and oxygen atoms in total. The molecule has 5 rings (SSSR count). The summed E-state index contributed by atoms with van der Waals surface area (Å²) in [6.45, 7) is 4.04. The highest BCUT2D eigenvalue weighted by molar-refractivity contribution is 8.03. The molecule has 4 aliphatic rings. The predicted molar refractivity (Wildman–Crippen MR) is 109 cm³/mol. The second kappa shape index (κ2) is 6.69. The Morgan fingerprint density at radius 3 is 2.74 bits per heavy atom. The molecule has 0 aromatic heterocycles. The Labute approximate surface area is 167 Å². The number of hydrogen-bond acceptors (Lipinski definition) is 3. The van der Waals surface area contributed by atoms with Gasteiger partial charge in [-0.2, -0.15) is 0 Å². The number of hydrogen-bond donors (Lipinski definition) is 0. The normalized spacial score (nSPS) is 42.2. The molecule has 27 heavy (non-hydrogen) atoms. The first kappa shape index (κ1) is 17.8. The van der Waals surface area contributed by atoms with Crippen molar-refractivity contribution in [2.75, 3.05) is 0 Å². The van der Waals surface area contributed by atoms with Crippen LogP contribution in [0.2, 0.25) is 0 Å². The molecule has 0 saturated heterocycles. The van der Waals surface area contributed by atoms with Crippen molar-refractivity contribution in [2.24, 2.45) is 35.0 Å². The van der Waals surface area contributed by atoms with Gasteiger partial charge in [-0.15, -0.1) is 0 Å². The Balaban J connectivity index is 1.53. The first-order chi connectivity index (χ1) is 13.1. The van der Waals surface area contributed by atoms with E-state index in [9.17, 15) is 4.79 Å². The van der Waals surface area contributed by atoms with E-state index >= 15 is 0 Å². The van der Waals surface area contributed by atoms with Gasteiger partial charge in [-0.05, 0) is 84.6 Å². The van der Waals surface area contributed by atoms with E-state index in [0.29, 0.717) is 17.3 Å². The van der Waals surface area contributed by atoms with Crippen LogP contribution >= 0.6 is 11.8 Å². The third kappa shape index (κ3) is 2.80. The second-order valence-corrected chi connectivity index (χ2v) is 10.5. The molecule has 0 amide bonds. The van der Waals surface area contributed by atoms with Gasteiger partial charge in [0.05, 0.1) is 0 Å². The van der Waals surface area contributed by atoms with E-state index in [1.807, 2.05) is 11.8 Å². The molecule has 1 aromatic rings. The molecule has 144 valence electrons. The quantitative estimate of drug-likeness (QED) is 0.593. The molecule has 1 spiro atoms. The highest BCUT2D eigenvalue weighted by atomic mass is 32.2. The minimum absolute atomic E-state index is 0.0936. The molecule has 0 aliphatic heterocycles. The van der Waals surface area contributed by atoms with Crippen LogP contribution in [0.5, 0.6) is 0 Å². The highest BCUT2D eigenvalue weighted by Gasteiger charge is 2.65. The summed E-state index contributed by atoms with van der Waals surface area (Å²) in [6.07, 6.45) is 10.2. The third-order valence-corrected chi connectivity index (χ3v) is 9.16. The van der Waals surface area contributed by atoms with Crippen LogP contribution < -0.4 is 0 Å². The average Bonchev–Trinajstić information content (AvgIpc) is 3.02. The molecular weight excluding hydrogens is 352 g/mol. The Kier molecular flexibility index (Phi) is 4.42. The van der Waals surface area contributed by atoms with E-state index in [1.165, 1.54) is 30.6 Å². The van der Waals surface area contributed by atoms with Gasteiger partial charge < -0.3 is 4.74 Å². The second-order valence-electron chi connectivity index (χ2n) is 9.40. The van der Waals surface area contributed by atoms with Crippen molar-refractivity contribution in [3.8, 4) is 0 Å². The number of ether oxygens (including phenoxy) is 1. The van der Waals surface area contributed by atoms with Crippen LogP contribution in [0, 0.1) is 35.0 Å². The Bertz CT molecular complexity index is 757. The number of esters is 1. The van der Waals surface area contributed by atoms with Crippen molar-refractivity contribution >= 4 is 17.7 Å². The van der Waals surface area contributed by atoms with Gasteiger partial charge in [0.1, 0.15) is 6.10 Å². The minimum atomic E-state index is -0.0936. The van der Waals surface area contributed by atoms with Crippen LogP contribution in [0.4, 0.5) is 0 Å². The van der Waals surface area contributed by atoms with Gasteiger partial charge in [-0.1, -0.05) is 43.0 Å². The summed E-state index contributed by atoms with van der Waals surface area (Å²) in [4.78, 5) is 14.8. The largest absolute Gasteiger partial charge is 0.462 e. The number of thioether (sulfide) groups is 1. The monoisotopic (exact) mass is 382 g/mol. The van der Waals surface area contributed by atoms with E-state index < -0.39 is 0 Å². The molecule has 0 N–H and O–H groups in total. The minimum Gasteiger partial charge on any atom is -0.462 e. The van der Waals surface area contributed by atoms with Crippen LogP contribution in [0.1, 0.15) is 52.4 Å². The Hall–Kier alpha value is -1.22. The summed E-state index contributed by atoms with van der Waals surface area (Å²) < 4.78 is 5.93. The van der Waals surface area contributed by atoms with Crippen LogP contribution in [-0.2, 0) is 9.53 Å². The van der Waals surface area contributed by atoms with Crippen molar-refractivity contribution < 1.29 is 9.53 Å². The van der Waals surface area contributed by atoms with Crippen molar-refractivity contribution in [1.82, 2.24) is 0 Å². The SMILES string of the molecule is CC(=O)O[C@@H]1C[C@H]2C[C@@H](C)C[C@]34[C@@H]2CC[C@H]3C(Sc2ccccc2)=CC[C@H]14. The summed E-state index contributed by atoms with van der Waals surface area (Å²) in [5.41, 5.74) is 0.368. The van der Waals surface area contributed by atoms with E-state index in [2.05, 4.69) is 43.3 Å². The molecule has 0 heterocycles. The fraction of sp³-hybridized carbons (Fsp3) is 0.625. The Morgan fingerprint density at radius 2 is 1.96 bits per heavy atom. The highest BCUT2D eigenvalue weighted by Crippen LogP contribution is 2.71. The van der Waals surface area contributed by atoms with Crippen molar-refractivity contribution in [2.45, 2.75) is 63.4 Å². The molecule has 3 heteroatoms. The number of benzene rings is 1. The standard InChI is InChI=1S/C24H30O2S/c1-15-12-17-13-22(26-16(2)25)20-10-11-23(27-18-6-4-3-5-7-18)21-9-8-19(17)24(20,21)14-15/h3-7,11,15,17,19-22H,8-10,12-14H2,1-2H3/t15-,17-,19-,20-,21+,22-,24-/m1/s1. The lowest BCUT2D eigenvalue weighted by atomic mass is 9.45. The van der Waals surface area contributed by atoms with E-state index in [1.54, 1.807) is 11.8 Å². The van der Waals surface area contributed by atoms with Crippen molar-refractivity contribution in [3.05, 3.63) is 41.3 Å². The molecule has 3 saturated carbocycles. The van der Waals surface area contributed by atoms with Gasteiger partial charge in [-0.3, -0.25) is 4.79 Å². The zero-order valence-corrected chi connectivity index (χ0v) is 17.2. The van der Waals surface area contributed by atoms with Crippen molar-refractivity contribution in [3.63, 3.8) is 0 Å². The molecular formula is C24H30O2S. The predicted octanol–water partition coefficient (Wildman–Crippen LogP) is 6.08. The molecule has 2 bridgehead atoms. The van der Waals surface area contributed by atoms with Gasteiger partial charge in [0.2, 0.25) is 0 Å². The third-order valence-electron chi connectivity index (χ3n) is 7.97. The summed E-state index contributed by atoms with van der Waals surface area (Å²) in [5, 5.41) is 0. The number of carbonyl (C=O) groups excluding carboxylic acids is 1. The van der Waals surface area contributed by atoms with Gasteiger partial charge in [0.25, 0.3) is 0 Å². The number of carbonyl (C=O) groups is 1. The smallest absolute Gasteiger partial charge is 0.302 e. The summed E-state index contributed by atoms with van der Waals surface area (Å²) in [7, 11) is 0. The maximum atomic E-state index is 11.8. The van der Waals surface area contributed by atoms with Gasteiger partial charge in [-0.25, -0.2) is 0 Å². The fourth-order valence-electron chi connectivity index (χ4n) is 7.48. The molecule has 3 fully saturated rings. The lowest BCUT2D eigenvalue weighted by molar-refractivity contribution is -0.176. The lowest BCUT2D eigenvalue weighted by Gasteiger charge is -2.61. The molecule has 1 aromatic carbocycles. The summed E-state index contributed by atoms with van der Waals surface area (Å²) >= 11 is 1.99. The first-order valence-electron chi connectivity index (χ1n) is 10.7. The first-order valence-corrected chi connectivity index (χ1v) is 11.5. The summed E-state index contributed by atoms with van der Waals surface area (Å²) in [5.74, 6) is 3.49. The van der Waals surface area contributed by atoms with Crippen LogP contribution in [0.3, 0.4) is 0 Å². The maximum Gasteiger partial charge on any atom is 0.302 e. The molecule has 0 unspecified atom stereocenters. The van der Waals surface area contributed by atoms with Crippen molar-refractivity contribution in [1.29, 1.82) is 0 Å². The van der Waals surface area contributed by atoms with E-state index in [0.717, 1.165) is 30.6 Å². The van der Waals surface area contributed by atoms with Gasteiger partial charge in [0.15, 0.2) is 0 Å². The number of allylic oxidation sites excluding steroid dienone is 2. The Morgan fingerprint density at radius 1 is 1.15 bits per heavy atom.